The highest BCUT2D eigenvalue weighted by atomic mass is 79.9. The number of amides is 1. The van der Waals surface area contributed by atoms with E-state index in [1.807, 2.05) is 24.3 Å². The van der Waals surface area contributed by atoms with Crippen molar-refractivity contribution >= 4 is 39.1 Å². The van der Waals surface area contributed by atoms with E-state index in [1.54, 1.807) is 25.3 Å². The van der Waals surface area contributed by atoms with Gasteiger partial charge in [0.1, 0.15) is 0 Å². The SMILES string of the molecule is COCc1cccc(NC(=O)c2ccc(Cl)c(Br)c2)c1. The zero-order valence-corrected chi connectivity index (χ0v) is 13.2. The minimum absolute atomic E-state index is 0.183. The molecular weight excluding hydrogens is 342 g/mol. The first-order valence-electron chi connectivity index (χ1n) is 5.94. The molecule has 0 aliphatic rings. The number of hydrogen-bond acceptors (Lipinski definition) is 2. The van der Waals surface area contributed by atoms with E-state index in [0.29, 0.717) is 21.7 Å². The molecule has 0 saturated heterocycles. The summed E-state index contributed by atoms with van der Waals surface area (Å²) in [5, 5.41) is 3.42. The third-order valence-corrected chi connectivity index (χ3v) is 3.89. The van der Waals surface area contributed by atoms with Crippen LogP contribution >= 0.6 is 27.5 Å². The Morgan fingerprint density at radius 2 is 2.10 bits per heavy atom. The van der Waals surface area contributed by atoms with Crippen LogP contribution in [-0.4, -0.2) is 13.0 Å². The molecule has 0 atom stereocenters. The lowest BCUT2D eigenvalue weighted by Gasteiger charge is -2.08. The second-order valence-electron chi connectivity index (χ2n) is 4.22. The van der Waals surface area contributed by atoms with Crippen LogP contribution in [0.2, 0.25) is 5.02 Å². The Hall–Kier alpha value is -1.36. The van der Waals surface area contributed by atoms with E-state index in [9.17, 15) is 4.79 Å². The van der Waals surface area contributed by atoms with Crippen LogP contribution in [0.4, 0.5) is 5.69 Å². The number of ether oxygens (including phenoxy) is 1. The van der Waals surface area contributed by atoms with Crippen LogP contribution < -0.4 is 5.32 Å². The van der Waals surface area contributed by atoms with Gasteiger partial charge in [-0.25, -0.2) is 0 Å². The van der Waals surface area contributed by atoms with Crippen LogP contribution in [0.25, 0.3) is 0 Å². The van der Waals surface area contributed by atoms with Gasteiger partial charge >= 0.3 is 0 Å². The summed E-state index contributed by atoms with van der Waals surface area (Å²) >= 11 is 9.21. The van der Waals surface area contributed by atoms with Crippen molar-refractivity contribution in [2.24, 2.45) is 0 Å². The van der Waals surface area contributed by atoms with Crippen molar-refractivity contribution in [3.63, 3.8) is 0 Å². The fraction of sp³-hybridized carbons (Fsp3) is 0.133. The third-order valence-electron chi connectivity index (χ3n) is 2.68. The largest absolute Gasteiger partial charge is 0.380 e. The highest BCUT2D eigenvalue weighted by molar-refractivity contribution is 9.10. The van der Waals surface area contributed by atoms with E-state index in [4.69, 9.17) is 16.3 Å². The highest BCUT2D eigenvalue weighted by Gasteiger charge is 2.08. The van der Waals surface area contributed by atoms with Crippen LogP contribution in [0.3, 0.4) is 0 Å². The molecule has 104 valence electrons. The zero-order valence-electron chi connectivity index (χ0n) is 10.8. The maximum absolute atomic E-state index is 12.1. The summed E-state index contributed by atoms with van der Waals surface area (Å²) < 4.78 is 5.76. The van der Waals surface area contributed by atoms with Crippen LogP contribution in [-0.2, 0) is 11.3 Å². The zero-order chi connectivity index (χ0) is 14.5. The first-order chi connectivity index (χ1) is 9.60. The van der Waals surface area contributed by atoms with Crippen molar-refractivity contribution in [2.75, 3.05) is 12.4 Å². The number of carbonyl (C=O) groups excluding carboxylic acids is 1. The fourth-order valence-corrected chi connectivity index (χ4v) is 2.24. The average molecular weight is 355 g/mol. The highest BCUT2D eigenvalue weighted by Crippen LogP contribution is 2.23. The van der Waals surface area contributed by atoms with Gasteiger partial charge in [0.15, 0.2) is 0 Å². The second kappa shape index (κ2) is 6.88. The molecule has 2 rings (SSSR count). The van der Waals surface area contributed by atoms with E-state index in [-0.39, 0.29) is 5.91 Å². The third kappa shape index (κ3) is 3.82. The number of carbonyl (C=O) groups is 1. The molecule has 0 radical (unpaired) electrons. The van der Waals surface area contributed by atoms with Crippen LogP contribution in [0, 0.1) is 0 Å². The molecule has 0 spiro atoms. The van der Waals surface area contributed by atoms with Crippen molar-refractivity contribution in [3.05, 3.63) is 63.1 Å². The topological polar surface area (TPSA) is 38.3 Å². The summed E-state index contributed by atoms with van der Waals surface area (Å²) in [6.07, 6.45) is 0. The van der Waals surface area contributed by atoms with E-state index in [2.05, 4.69) is 21.2 Å². The van der Waals surface area contributed by atoms with Crippen LogP contribution in [0.5, 0.6) is 0 Å². The average Bonchev–Trinajstić information content (AvgIpc) is 2.42. The molecule has 0 heterocycles. The Morgan fingerprint density at radius 1 is 1.30 bits per heavy atom. The van der Waals surface area contributed by atoms with Gasteiger partial charge in [-0.05, 0) is 51.8 Å². The van der Waals surface area contributed by atoms with E-state index < -0.39 is 0 Å². The van der Waals surface area contributed by atoms with Gasteiger partial charge in [0.2, 0.25) is 0 Å². The summed E-state index contributed by atoms with van der Waals surface area (Å²) in [6.45, 7) is 0.510. The predicted octanol–water partition coefficient (Wildman–Crippen LogP) is 4.50. The lowest BCUT2D eigenvalue weighted by atomic mass is 10.2. The van der Waals surface area contributed by atoms with Gasteiger partial charge < -0.3 is 10.1 Å². The first-order valence-corrected chi connectivity index (χ1v) is 7.11. The molecule has 1 amide bonds. The molecular formula is C15H13BrClNO2. The Balaban J connectivity index is 2.14. The van der Waals surface area contributed by atoms with Gasteiger partial charge in [-0.15, -0.1) is 0 Å². The number of halogens is 2. The van der Waals surface area contributed by atoms with Gasteiger partial charge in [0.25, 0.3) is 5.91 Å². The monoisotopic (exact) mass is 353 g/mol. The second-order valence-corrected chi connectivity index (χ2v) is 5.48. The summed E-state index contributed by atoms with van der Waals surface area (Å²) in [4.78, 5) is 12.1. The maximum Gasteiger partial charge on any atom is 0.255 e. The van der Waals surface area contributed by atoms with Crippen molar-refractivity contribution in [3.8, 4) is 0 Å². The van der Waals surface area contributed by atoms with Gasteiger partial charge in [-0.1, -0.05) is 23.7 Å². The number of hydrogen-bond donors (Lipinski definition) is 1. The van der Waals surface area contributed by atoms with Gasteiger partial charge in [0, 0.05) is 22.8 Å². The standard InChI is InChI=1S/C15H13BrClNO2/c1-20-9-10-3-2-4-12(7-10)18-15(19)11-5-6-14(17)13(16)8-11/h2-8H,9H2,1H3,(H,18,19). The smallest absolute Gasteiger partial charge is 0.255 e. The molecule has 0 fully saturated rings. The van der Waals surface area contributed by atoms with Crippen LogP contribution in [0.1, 0.15) is 15.9 Å². The molecule has 1 N–H and O–H groups in total. The number of benzene rings is 2. The molecule has 2 aromatic carbocycles. The first kappa shape index (κ1) is 15.0. The molecule has 3 nitrogen and oxygen atoms in total. The van der Waals surface area contributed by atoms with E-state index in [0.717, 1.165) is 11.3 Å². The van der Waals surface area contributed by atoms with Gasteiger partial charge in [-0.2, -0.15) is 0 Å². The lowest BCUT2D eigenvalue weighted by molar-refractivity contribution is 0.102. The van der Waals surface area contributed by atoms with Crippen LogP contribution in [0.15, 0.2) is 46.9 Å². The summed E-state index contributed by atoms with van der Waals surface area (Å²) in [5.74, 6) is -0.183. The van der Waals surface area contributed by atoms with E-state index in [1.165, 1.54) is 0 Å². The molecule has 0 aromatic heterocycles. The summed E-state index contributed by atoms with van der Waals surface area (Å²) in [6, 6.07) is 12.6. The number of nitrogens with one attached hydrogen (secondary N) is 1. The molecule has 0 unspecified atom stereocenters. The van der Waals surface area contributed by atoms with Crippen molar-refractivity contribution < 1.29 is 9.53 Å². The quantitative estimate of drug-likeness (QED) is 0.878. The van der Waals surface area contributed by atoms with Crippen molar-refractivity contribution in [1.29, 1.82) is 0 Å². The molecule has 0 saturated carbocycles. The number of methoxy groups -OCH3 is 1. The molecule has 0 aliphatic carbocycles. The molecule has 2 aromatic rings. The lowest BCUT2D eigenvalue weighted by Crippen LogP contribution is -2.12. The maximum atomic E-state index is 12.1. The van der Waals surface area contributed by atoms with Crippen molar-refractivity contribution in [2.45, 2.75) is 6.61 Å². The Morgan fingerprint density at radius 3 is 2.80 bits per heavy atom. The Bertz CT molecular complexity index is 631. The normalized spacial score (nSPS) is 10.3. The molecule has 20 heavy (non-hydrogen) atoms. The van der Waals surface area contributed by atoms with Crippen molar-refractivity contribution in [1.82, 2.24) is 0 Å². The predicted molar refractivity (Wildman–Crippen MR) is 84.3 cm³/mol. The minimum Gasteiger partial charge on any atom is -0.380 e. The fourth-order valence-electron chi connectivity index (χ4n) is 1.75. The van der Waals surface area contributed by atoms with E-state index >= 15 is 0 Å². The Kier molecular flexibility index (Phi) is 5.17. The summed E-state index contributed by atoms with van der Waals surface area (Å²) in [7, 11) is 1.64. The number of anilines is 1. The van der Waals surface area contributed by atoms with Gasteiger partial charge in [0.05, 0.1) is 11.6 Å². The molecule has 0 bridgehead atoms. The Labute approximate surface area is 131 Å². The minimum atomic E-state index is -0.183. The molecule has 0 aliphatic heterocycles. The molecule has 5 heteroatoms. The number of rotatable bonds is 4. The summed E-state index contributed by atoms with van der Waals surface area (Å²) in [5.41, 5.74) is 2.27. The van der Waals surface area contributed by atoms with Gasteiger partial charge in [-0.3, -0.25) is 4.79 Å².